The molecule has 1 amide bonds. The number of phosphoric acid groups is 1. The molecule has 76 heavy (non-hydrogen) atoms. The standard InChI is InChI=1S/C67H131N2O6P/c1-6-8-10-12-14-16-18-20-22-24-25-26-27-28-29-30-31-32-33-34-35-36-37-38-39-40-41-42-43-45-47-49-51-53-55-57-59-61-67(71)68-65(64-75-76(72,73)74-63-62-69(3,4)5)66(70)60-58-56-54-52-50-48-46-44-23-21-19-17-15-13-11-9-7-2/h32-33,50,52,58,60,65-66,70H,6-31,34-49,51,53-57,59,61-64H2,1-5H3,(H-,68,71,72,73)/b33-32-,52-50+,60-58+. The highest BCUT2D eigenvalue weighted by Gasteiger charge is 2.23. The molecule has 0 rings (SSSR count). The van der Waals surface area contributed by atoms with E-state index < -0.39 is 20.0 Å². The average molecular weight is 1090 g/mol. The Bertz CT molecular complexity index is 1330. The Morgan fingerprint density at radius 1 is 0.447 bits per heavy atom. The molecule has 0 saturated carbocycles. The smallest absolute Gasteiger partial charge is 0.268 e. The molecule has 8 nitrogen and oxygen atoms in total. The lowest BCUT2D eigenvalue weighted by Gasteiger charge is -2.29. The second-order valence-electron chi connectivity index (χ2n) is 24.2. The van der Waals surface area contributed by atoms with Crippen molar-refractivity contribution >= 4 is 13.7 Å². The number of carbonyl (C=O) groups excluding carboxylic acids is 1. The van der Waals surface area contributed by atoms with Crippen molar-refractivity contribution in [1.82, 2.24) is 5.32 Å². The van der Waals surface area contributed by atoms with E-state index in [0.717, 1.165) is 38.5 Å². The van der Waals surface area contributed by atoms with Crippen LogP contribution in [-0.4, -0.2) is 68.5 Å². The van der Waals surface area contributed by atoms with Crippen molar-refractivity contribution in [2.24, 2.45) is 0 Å². The fourth-order valence-electron chi connectivity index (χ4n) is 10.1. The van der Waals surface area contributed by atoms with Crippen LogP contribution in [0.4, 0.5) is 0 Å². The summed E-state index contributed by atoms with van der Waals surface area (Å²) in [5, 5.41) is 13.9. The highest BCUT2D eigenvalue weighted by molar-refractivity contribution is 7.45. The van der Waals surface area contributed by atoms with Gasteiger partial charge in [-0.05, 0) is 57.8 Å². The topological polar surface area (TPSA) is 108 Å². The molecule has 0 saturated heterocycles. The molecule has 0 fully saturated rings. The predicted octanol–water partition coefficient (Wildman–Crippen LogP) is 20.3. The number of nitrogens with zero attached hydrogens (tertiary/aromatic N) is 1. The van der Waals surface area contributed by atoms with Gasteiger partial charge in [-0.25, -0.2) is 0 Å². The van der Waals surface area contributed by atoms with E-state index in [-0.39, 0.29) is 19.1 Å². The third-order valence-electron chi connectivity index (χ3n) is 15.3. The number of phosphoric ester groups is 1. The van der Waals surface area contributed by atoms with Gasteiger partial charge in [0.1, 0.15) is 13.2 Å². The molecule has 0 radical (unpaired) electrons. The van der Waals surface area contributed by atoms with Crippen LogP contribution >= 0.6 is 7.82 Å². The SMILES string of the molecule is CCCCCCCCCCCCC/C=C/CC/C=C/C(O)C(COP(=O)([O-])OCC[N+](C)(C)C)NC(=O)CCCCCCCCCCCCCCCCCCC/C=C\CCCCCCCCCCCCCCCCCC. The molecule has 0 aliphatic rings. The predicted molar refractivity (Wildman–Crippen MR) is 330 cm³/mol. The quantitative estimate of drug-likeness (QED) is 0.0272. The first-order valence-electron chi connectivity index (χ1n) is 33.4. The number of aliphatic hydroxyl groups is 1. The normalized spacial score (nSPS) is 13.9. The Labute approximate surface area is 474 Å². The summed E-state index contributed by atoms with van der Waals surface area (Å²) in [6.45, 7) is 4.67. The highest BCUT2D eigenvalue weighted by atomic mass is 31.2. The average Bonchev–Trinajstić information content (AvgIpc) is 3.38. The summed E-state index contributed by atoms with van der Waals surface area (Å²) in [5.41, 5.74) is 0. The molecule has 2 N–H and O–H groups in total. The molecule has 0 spiro atoms. The molecule has 0 aromatic heterocycles. The summed E-state index contributed by atoms with van der Waals surface area (Å²) < 4.78 is 23.4. The van der Waals surface area contributed by atoms with E-state index >= 15 is 0 Å². The molecular formula is C67H131N2O6P. The van der Waals surface area contributed by atoms with Gasteiger partial charge in [0.25, 0.3) is 7.82 Å². The Kier molecular flexibility index (Phi) is 57.4. The molecule has 9 heteroatoms. The van der Waals surface area contributed by atoms with Crippen molar-refractivity contribution in [3.05, 3.63) is 36.5 Å². The summed E-state index contributed by atoms with van der Waals surface area (Å²) in [6.07, 6.45) is 77.0. The first-order chi connectivity index (χ1) is 37.0. The van der Waals surface area contributed by atoms with Gasteiger partial charge in [0.2, 0.25) is 5.91 Å². The highest BCUT2D eigenvalue weighted by Crippen LogP contribution is 2.38. The first kappa shape index (κ1) is 74.7. The Hall–Kier alpha value is -1.28. The first-order valence-corrected chi connectivity index (χ1v) is 34.8. The molecular weight excluding hydrogens is 960 g/mol. The van der Waals surface area contributed by atoms with Gasteiger partial charge < -0.3 is 28.8 Å². The Morgan fingerprint density at radius 3 is 1.07 bits per heavy atom. The van der Waals surface area contributed by atoms with Gasteiger partial charge in [-0.1, -0.05) is 307 Å². The number of hydrogen-bond acceptors (Lipinski definition) is 6. The lowest BCUT2D eigenvalue weighted by atomic mass is 10.0. The number of hydrogen-bond donors (Lipinski definition) is 2. The maximum absolute atomic E-state index is 13.0. The Morgan fingerprint density at radius 2 is 0.737 bits per heavy atom. The number of nitrogens with one attached hydrogen (secondary N) is 1. The number of quaternary nitrogens is 1. The van der Waals surface area contributed by atoms with Gasteiger partial charge in [0, 0.05) is 6.42 Å². The van der Waals surface area contributed by atoms with Gasteiger partial charge >= 0.3 is 0 Å². The van der Waals surface area contributed by atoms with Crippen LogP contribution in [0.1, 0.15) is 335 Å². The largest absolute Gasteiger partial charge is 0.756 e. The lowest BCUT2D eigenvalue weighted by molar-refractivity contribution is -0.870. The van der Waals surface area contributed by atoms with Crippen molar-refractivity contribution in [3.8, 4) is 0 Å². The van der Waals surface area contributed by atoms with Crippen molar-refractivity contribution in [3.63, 3.8) is 0 Å². The van der Waals surface area contributed by atoms with E-state index in [9.17, 15) is 19.4 Å². The molecule has 0 aliphatic heterocycles. The summed E-state index contributed by atoms with van der Waals surface area (Å²) in [4.78, 5) is 25.5. The number of carbonyl (C=O) groups is 1. The van der Waals surface area contributed by atoms with Crippen LogP contribution in [0.5, 0.6) is 0 Å². The molecule has 0 heterocycles. The molecule has 0 aliphatic carbocycles. The lowest BCUT2D eigenvalue weighted by Crippen LogP contribution is -2.45. The minimum Gasteiger partial charge on any atom is -0.756 e. The van der Waals surface area contributed by atoms with Gasteiger partial charge in [-0.2, -0.15) is 0 Å². The zero-order chi connectivity index (χ0) is 55.6. The maximum atomic E-state index is 13.0. The fraction of sp³-hybridized carbons (Fsp3) is 0.896. The van der Waals surface area contributed by atoms with E-state index in [4.69, 9.17) is 9.05 Å². The van der Waals surface area contributed by atoms with E-state index in [2.05, 4.69) is 43.5 Å². The van der Waals surface area contributed by atoms with E-state index in [1.54, 1.807) is 6.08 Å². The number of allylic oxidation sites excluding steroid dienone is 5. The molecule has 3 unspecified atom stereocenters. The van der Waals surface area contributed by atoms with Crippen molar-refractivity contribution < 1.29 is 32.9 Å². The fourth-order valence-corrected chi connectivity index (χ4v) is 10.8. The Balaban J connectivity index is 3.97. The minimum atomic E-state index is -4.61. The zero-order valence-electron chi connectivity index (χ0n) is 51.5. The van der Waals surface area contributed by atoms with Crippen LogP contribution in [0.15, 0.2) is 36.5 Å². The van der Waals surface area contributed by atoms with Crippen LogP contribution in [0.3, 0.4) is 0 Å². The van der Waals surface area contributed by atoms with Gasteiger partial charge in [-0.15, -0.1) is 0 Å². The monoisotopic (exact) mass is 1090 g/mol. The molecule has 0 bridgehead atoms. The van der Waals surface area contributed by atoms with Crippen LogP contribution in [0.2, 0.25) is 0 Å². The van der Waals surface area contributed by atoms with Gasteiger partial charge in [-0.3, -0.25) is 9.36 Å². The number of unbranched alkanes of at least 4 members (excludes halogenated alkanes) is 45. The third-order valence-corrected chi connectivity index (χ3v) is 16.3. The minimum absolute atomic E-state index is 0.00490. The van der Waals surface area contributed by atoms with E-state index in [1.807, 2.05) is 27.2 Å². The molecule has 0 aromatic carbocycles. The summed E-state index contributed by atoms with van der Waals surface area (Å²) in [6, 6.07) is -0.902. The van der Waals surface area contributed by atoms with Crippen LogP contribution in [-0.2, 0) is 18.4 Å². The molecule has 3 atom stereocenters. The molecule has 0 aromatic rings. The maximum Gasteiger partial charge on any atom is 0.268 e. The van der Waals surface area contributed by atoms with E-state index in [1.165, 1.54) is 276 Å². The van der Waals surface area contributed by atoms with Crippen LogP contribution < -0.4 is 10.2 Å². The second kappa shape index (κ2) is 58.4. The number of aliphatic hydroxyl groups excluding tert-OH is 1. The summed E-state index contributed by atoms with van der Waals surface area (Å²) >= 11 is 0. The van der Waals surface area contributed by atoms with Crippen LogP contribution in [0.25, 0.3) is 0 Å². The number of rotatable bonds is 62. The van der Waals surface area contributed by atoms with Crippen molar-refractivity contribution in [2.45, 2.75) is 347 Å². The molecule has 450 valence electrons. The second-order valence-corrected chi connectivity index (χ2v) is 25.6. The number of amides is 1. The van der Waals surface area contributed by atoms with Crippen molar-refractivity contribution in [2.75, 3.05) is 40.9 Å². The van der Waals surface area contributed by atoms with Crippen molar-refractivity contribution in [1.29, 1.82) is 0 Å². The van der Waals surface area contributed by atoms with Crippen LogP contribution in [0, 0.1) is 0 Å². The summed E-state index contributed by atoms with van der Waals surface area (Å²) in [7, 11) is 1.26. The third kappa shape index (κ3) is 60.4. The zero-order valence-corrected chi connectivity index (χ0v) is 52.4. The summed E-state index contributed by atoms with van der Waals surface area (Å²) in [5.74, 6) is -0.202. The van der Waals surface area contributed by atoms with E-state index in [0.29, 0.717) is 17.4 Å². The van der Waals surface area contributed by atoms with Gasteiger partial charge in [0.15, 0.2) is 0 Å². The van der Waals surface area contributed by atoms with Gasteiger partial charge in [0.05, 0.1) is 39.9 Å². The number of likely N-dealkylation sites (N-methyl/N-ethyl adjacent to an activating group) is 1.